The number of amides is 2. The molecule has 1 spiro atoms. The molecule has 2 amide bonds. The van der Waals surface area contributed by atoms with Crippen LogP contribution in [0.4, 0.5) is 4.39 Å². The monoisotopic (exact) mass is 474 g/mol. The van der Waals surface area contributed by atoms with Crippen LogP contribution in [-0.2, 0) is 9.53 Å². The summed E-state index contributed by atoms with van der Waals surface area (Å²) >= 11 is 5.99. The van der Waals surface area contributed by atoms with E-state index < -0.39 is 17.8 Å². The van der Waals surface area contributed by atoms with Gasteiger partial charge in [-0.2, -0.15) is 0 Å². The van der Waals surface area contributed by atoms with E-state index in [0.29, 0.717) is 30.4 Å². The van der Waals surface area contributed by atoms with E-state index in [1.165, 1.54) is 12.1 Å². The fraction of sp³-hybridized carbons (Fsp3) is 0.440. The third-order valence-corrected chi connectivity index (χ3v) is 6.63. The molecule has 2 aromatic carbocycles. The number of halogens is 2. The molecule has 0 saturated carbocycles. The summed E-state index contributed by atoms with van der Waals surface area (Å²) in [6.07, 6.45) is 2.45. The molecule has 2 atom stereocenters. The molecule has 0 aliphatic carbocycles. The minimum absolute atomic E-state index is 0.0335. The number of hydrogen-bond acceptors (Lipinski definition) is 4. The predicted molar refractivity (Wildman–Crippen MR) is 123 cm³/mol. The number of carbonyl (C=O) groups is 2. The molecular weight excluding hydrogens is 447 g/mol. The number of rotatable bonds is 6. The Kier molecular flexibility index (Phi) is 7.20. The van der Waals surface area contributed by atoms with Gasteiger partial charge in [-0.25, -0.2) is 4.39 Å². The Morgan fingerprint density at radius 1 is 1.21 bits per heavy atom. The maximum Gasteiger partial charge on any atom is 0.263 e. The Balaban J connectivity index is 1.24. The lowest BCUT2D eigenvalue weighted by molar-refractivity contribution is -0.144. The second-order valence-corrected chi connectivity index (χ2v) is 9.13. The standard InChI is InChI=1S/C25H28ClFN2O4/c1-17(32-19-6-4-5-18(26)15-19)24(31)29-13-11-25(12-14-29)10-9-20(33-25)16-28-23(30)21-7-2-3-8-22(21)27/h2-8,15,17,20H,9-14,16H2,1H3,(H,28,30)/t17-,20-/m1/s1. The Labute approximate surface area is 198 Å². The van der Waals surface area contributed by atoms with Gasteiger partial charge in [0.05, 0.1) is 17.3 Å². The van der Waals surface area contributed by atoms with Crippen molar-refractivity contribution in [3.8, 4) is 5.75 Å². The van der Waals surface area contributed by atoms with Gasteiger partial charge in [-0.1, -0.05) is 29.8 Å². The van der Waals surface area contributed by atoms with Crippen LogP contribution in [-0.4, -0.2) is 54.2 Å². The van der Waals surface area contributed by atoms with E-state index in [-0.39, 0.29) is 23.2 Å². The molecule has 4 rings (SSSR count). The highest BCUT2D eigenvalue weighted by molar-refractivity contribution is 6.30. The molecule has 2 aliphatic heterocycles. The highest BCUT2D eigenvalue weighted by Gasteiger charge is 2.43. The molecular formula is C25H28ClFN2O4. The summed E-state index contributed by atoms with van der Waals surface area (Å²) in [6.45, 7) is 3.27. The zero-order valence-electron chi connectivity index (χ0n) is 18.6. The van der Waals surface area contributed by atoms with Gasteiger partial charge in [0.15, 0.2) is 6.10 Å². The van der Waals surface area contributed by atoms with Gasteiger partial charge in [-0.15, -0.1) is 0 Å². The van der Waals surface area contributed by atoms with E-state index in [9.17, 15) is 14.0 Å². The number of benzene rings is 2. The molecule has 2 aliphatic rings. The Bertz CT molecular complexity index is 1010. The van der Waals surface area contributed by atoms with Crippen molar-refractivity contribution in [2.75, 3.05) is 19.6 Å². The van der Waals surface area contributed by atoms with Crippen molar-refractivity contribution < 1.29 is 23.5 Å². The number of likely N-dealkylation sites (tertiary alicyclic amines) is 1. The van der Waals surface area contributed by atoms with Crippen LogP contribution in [0.2, 0.25) is 5.02 Å². The number of piperidine rings is 1. The third kappa shape index (κ3) is 5.65. The van der Waals surface area contributed by atoms with E-state index >= 15 is 0 Å². The molecule has 2 saturated heterocycles. The van der Waals surface area contributed by atoms with Gasteiger partial charge in [0.25, 0.3) is 11.8 Å². The molecule has 8 heteroatoms. The summed E-state index contributed by atoms with van der Waals surface area (Å²) in [5.41, 5.74) is -0.243. The Hall–Kier alpha value is -2.64. The fourth-order valence-corrected chi connectivity index (χ4v) is 4.72. The second-order valence-electron chi connectivity index (χ2n) is 8.69. The van der Waals surface area contributed by atoms with Crippen LogP contribution in [0.3, 0.4) is 0 Å². The molecule has 2 fully saturated rings. The molecule has 2 heterocycles. The highest BCUT2D eigenvalue weighted by atomic mass is 35.5. The molecule has 2 aromatic rings. The molecule has 0 aromatic heterocycles. The van der Waals surface area contributed by atoms with Gasteiger partial charge in [-0.05, 0) is 62.9 Å². The van der Waals surface area contributed by atoms with E-state index in [2.05, 4.69) is 5.32 Å². The van der Waals surface area contributed by atoms with Crippen molar-refractivity contribution in [1.82, 2.24) is 10.2 Å². The van der Waals surface area contributed by atoms with Gasteiger partial charge in [-0.3, -0.25) is 9.59 Å². The predicted octanol–water partition coefficient (Wildman–Crippen LogP) is 4.22. The third-order valence-electron chi connectivity index (χ3n) is 6.39. The zero-order valence-corrected chi connectivity index (χ0v) is 19.3. The smallest absolute Gasteiger partial charge is 0.263 e. The average Bonchev–Trinajstić information content (AvgIpc) is 3.20. The second kappa shape index (κ2) is 10.1. The van der Waals surface area contributed by atoms with E-state index in [0.717, 1.165) is 25.7 Å². The highest BCUT2D eigenvalue weighted by Crippen LogP contribution is 2.39. The van der Waals surface area contributed by atoms with E-state index in [1.807, 2.05) is 4.90 Å². The first-order valence-corrected chi connectivity index (χ1v) is 11.6. The molecule has 1 N–H and O–H groups in total. The SMILES string of the molecule is C[C@@H](Oc1cccc(Cl)c1)C(=O)N1CCC2(CC[C@H](CNC(=O)c3ccccc3F)O2)CC1. The summed E-state index contributed by atoms with van der Waals surface area (Å²) < 4.78 is 25.9. The summed E-state index contributed by atoms with van der Waals surface area (Å²) in [6, 6.07) is 12.9. The lowest BCUT2D eigenvalue weighted by atomic mass is 9.88. The maximum absolute atomic E-state index is 13.8. The topological polar surface area (TPSA) is 67.9 Å². The van der Waals surface area contributed by atoms with Crippen molar-refractivity contribution in [1.29, 1.82) is 0 Å². The normalized spacial score (nSPS) is 20.5. The molecule has 33 heavy (non-hydrogen) atoms. The molecule has 0 bridgehead atoms. The quantitative estimate of drug-likeness (QED) is 0.680. The first-order valence-electron chi connectivity index (χ1n) is 11.3. The van der Waals surface area contributed by atoms with Crippen molar-refractivity contribution >= 4 is 23.4 Å². The van der Waals surface area contributed by atoms with Gasteiger partial charge in [0.1, 0.15) is 11.6 Å². The lowest BCUT2D eigenvalue weighted by Crippen LogP contribution is -2.50. The largest absolute Gasteiger partial charge is 0.481 e. The molecule has 176 valence electrons. The summed E-state index contributed by atoms with van der Waals surface area (Å²) in [4.78, 5) is 26.9. The summed E-state index contributed by atoms with van der Waals surface area (Å²) in [7, 11) is 0. The number of hydrogen-bond donors (Lipinski definition) is 1. The van der Waals surface area contributed by atoms with E-state index in [1.54, 1.807) is 43.3 Å². The van der Waals surface area contributed by atoms with Gasteiger partial charge < -0.3 is 19.7 Å². The number of nitrogens with zero attached hydrogens (tertiary/aromatic N) is 1. The Morgan fingerprint density at radius 2 is 1.97 bits per heavy atom. The molecule has 6 nitrogen and oxygen atoms in total. The lowest BCUT2D eigenvalue weighted by Gasteiger charge is -2.40. The van der Waals surface area contributed by atoms with Crippen LogP contribution < -0.4 is 10.1 Å². The van der Waals surface area contributed by atoms with Crippen molar-refractivity contribution in [3.63, 3.8) is 0 Å². The minimum atomic E-state index is -0.608. The van der Waals surface area contributed by atoms with Crippen LogP contribution in [0.1, 0.15) is 43.0 Å². The summed E-state index contributed by atoms with van der Waals surface area (Å²) in [5, 5.41) is 3.34. The average molecular weight is 475 g/mol. The number of nitrogens with one attached hydrogen (secondary N) is 1. The van der Waals surface area contributed by atoms with Crippen LogP contribution >= 0.6 is 11.6 Å². The van der Waals surface area contributed by atoms with Crippen molar-refractivity contribution in [2.24, 2.45) is 0 Å². The molecule has 0 unspecified atom stereocenters. The van der Waals surface area contributed by atoms with Crippen LogP contribution in [0.5, 0.6) is 5.75 Å². The minimum Gasteiger partial charge on any atom is -0.481 e. The first-order chi connectivity index (χ1) is 15.8. The van der Waals surface area contributed by atoms with Crippen molar-refractivity contribution in [2.45, 2.75) is 50.4 Å². The first kappa shape index (κ1) is 23.5. The van der Waals surface area contributed by atoms with Crippen LogP contribution in [0, 0.1) is 5.82 Å². The fourth-order valence-electron chi connectivity index (χ4n) is 4.54. The maximum atomic E-state index is 13.8. The molecule has 0 radical (unpaired) electrons. The number of carbonyl (C=O) groups excluding carboxylic acids is 2. The van der Waals surface area contributed by atoms with Crippen LogP contribution in [0.15, 0.2) is 48.5 Å². The van der Waals surface area contributed by atoms with Gasteiger partial charge in [0.2, 0.25) is 0 Å². The van der Waals surface area contributed by atoms with Crippen molar-refractivity contribution in [3.05, 3.63) is 64.9 Å². The van der Waals surface area contributed by atoms with E-state index in [4.69, 9.17) is 21.1 Å². The van der Waals surface area contributed by atoms with Gasteiger partial charge >= 0.3 is 0 Å². The zero-order chi connectivity index (χ0) is 23.4. The van der Waals surface area contributed by atoms with Crippen LogP contribution in [0.25, 0.3) is 0 Å². The Morgan fingerprint density at radius 3 is 2.70 bits per heavy atom. The van der Waals surface area contributed by atoms with Gasteiger partial charge in [0, 0.05) is 24.7 Å². The number of ether oxygens (including phenoxy) is 2. The summed E-state index contributed by atoms with van der Waals surface area (Å²) in [5.74, 6) is -0.469.